The molecule has 0 aromatic rings. The lowest BCUT2D eigenvalue weighted by Gasteiger charge is -2.17. The smallest absolute Gasteiger partial charge is 0.0780 e. The van der Waals surface area contributed by atoms with Gasteiger partial charge in [-0.25, -0.2) is 0 Å². The Hall–Kier alpha value is -0.300. The summed E-state index contributed by atoms with van der Waals surface area (Å²) >= 11 is 0. The van der Waals surface area contributed by atoms with E-state index in [1.165, 1.54) is 44.1 Å². The van der Waals surface area contributed by atoms with Crippen molar-refractivity contribution in [2.45, 2.75) is 58.0 Å². The van der Waals surface area contributed by atoms with E-state index in [9.17, 15) is 5.11 Å². The second-order valence-corrected chi connectivity index (χ2v) is 5.05. The third-order valence-corrected chi connectivity index (χ3v) is 3.78. The van der Waals surface area contributed by atoms with Crippen LogP contribution in [-0.4, -0.2) is 11.2 Å². The Balaban J connectivity index is 1.92. The molecule has 1 nitrogen and oxygen atoms in total. The van der Waals surface area contributed by atoms with Gasteiger partial charge in [-0.15, -0.1) is 0 Å². The van der Waals surface area contributed by atoms with E-state index in [4.69, 9.17) is 0 Å². The second-order valence-electron chi connectivity index (χ2n) is 5.05. The van der Waals surface area contributed by atoms with E-state index in [0.717, 1.165) is 12.3 Å². The van der Waals surface area contributed by atoms with Crippen molar-refractivity contribution in [2.75, 3.05) is 0 Å². The molecule has 1 saturated carbocycles. The summed E-state index contributed by atoms with van der Waals surface area (Å²) < 4.78 is 0. The molecule has 14 heavy (non-hydrogen) atoms. The van der Waals surface area contributed by atoms with E-state index in [-0.39, 0.29) is 6.10 Å². The van der Waals surface area contributed by atoms with E-state index in [2.05, 4.69) is 13.0 Å². The highest BCUT2D eigenvalue weighted by Gasteiger charge is 2.39. The first-order valence-electron chi connectivity index (χ1n) is 6.16. The summed E-state index contributed by atoms with van der Waals surface area (Å²) in [6.07, 6.45) is 11.1. The largest absolute Gasteiger partial charge is 0.388 e. The molecule has 0 bridgehead atoms. The molecule has 1 N–H and O–H groups in total. The zero-order valence-corrected chi connectivity index (χ0v) is 9.21. The van der Waals surface area contributed by atoms with Crippen molar-refractivity contribution < 1.29 is 5.11 Å². The van der Waals surface area contributed by atoms with E-state index in [1.807, 2.05) is 0 Å². The third-order valence-electron chi connectivity index (χ3n) is 3.78. The van der Waals surface area contributed by atoms with Gasteiger partial charge in [-0.3, -0.25) is 0 Å². The van der Waals surface area contributed by atoms with Gasteiger partial charge in [-0.05, 0) is 49.5 Å². The molecule has 3 atom stereocenters. The Morgan fingerprint density at radius 2 is 2.00 bits per heavy atom. The minimum absolute atomic E-state index is 0.108. The summed E-state index contributed by atoms with van der Waals surface area (Å²) in [5.74, 6) is 1.34. The number of rotatable bonds is 2. The average molecular weight is 194 g/mol. The molecule has 0 radical (unpaired) electrons. The summed E-state index contributed by atoms with van der Waals surface area (Å²) in [6.45, 7) is 2.25. The standard InChI is InChI=1S/C13H22O/c1-10-9-12(10)13(14)11-7-5-3-2-4-6-8-11/h7,10,12-14H,2-6,8-9H2,1H3. The van der Waals surface area contributed by atoms with Crippen molar-refractivity contribution in [1.29, 1.82) is 0 Å². The zero-order chi connectivity index (χ0) is 9.97. The van der Waals surface area contributed by atoms with Crippen LogP contribution in [-0.2, 0) is 0 Å². The maximum Gasteiger partial charge on any atom is 0.0780 e. The molecule has 1 fully saturated rings. The first-order chi connectivity index (χ1) is 6.79. The summed E-state index contributed by atoms with van der Waals surface area (Å²) in [5, 5.41) is 10.1. The molecule has 2 rings (SSSR count). The van der Waals surface area contributed by atoms with Gasteiger partial charge in [0, 0.05) is 0 Å². The fraction of sp³-hybridized carbons (Fsp3) is 0.846. The van der Waals surface area contributed by atoms with Gasteiger partial charge in [0.25, 0.3) is 0 Å². The van der Waals surface area contributed by atoms with Crippen LogP contribution < -0.4 is 0 Å². The fourth-order valence-electron chi connectivity index (χ4n) is 2.55. The predicted octanol–water partition coefficient (Wildman–Crippen LogP) is 3.28. The van der Waals surface area contributed by atoms with Crippen molar-refractivity contribution in [3.8, 4) is 0 Å². The van der Waals surface area contributed by atoms with Gasteiger partial charge >= 0.3 is 0 Å². The van der Waals surface area contributed by atoms with Crippen LogP contribution in [0.1, 0.15) is 51.9 Å². The molecule has 0 spiro atoms. The highest BCUT2D eigenvalue weighted by Crippen LogP contribution is 2.43. The first-order valence-corrected chi connectivity index (χ1v) is 6.16. The van der Waals surface area contributed by atoms with Gasteiger partial charge in [0.15, 0.2) is 0 Å². The first kappa shape index (κ1) is 10.2. The number of hydrogen-bond acceptors (Lipinski definition) is 1. The Labute approximate surface area is 87.2 Å². The van der Waals surface area contributed by atoms with Crippen LogP contribution in [0, 0.1) is 11.8 Å². The molecule has 0 aromatic carbocycles. The molecule has 0 saturated heterocycles. The van der Waals surface area contributed by atoms with Gasteiger partial charge in [-0.2, -0.15) is 0 Å². The molecule has 2 aliphatic carbocycles. The van der Waals surface area contributed by atoms with E-state index in [0.29, 0.717) is 5.92 Å². The molecule has 3 unspecified atom stereocenters. The molecule has 0 heterocycles. The highest BCUT2D eigenvalue weighted by molar-refractivity contribution is 5.13. The van der Waals surface area contributed by atoms with Gasteiger partial charge in [0.2, 0.25) is 0 Å². The van der Waals surface area contributed by atoms with Gasteiger partial charge in [0.05, 0.1) is 6.10 Å². The Morgan fingerprint density at radius 1 is 1.29 bits per heavy atom. The lowest BCUT2D eigenvalue weighted by Crippen LogP contribution is -2.14. The zero-order valence-electron chi connectivity index (χ0n) is 9.21. The molecule has 1 heteroatoms. The van der Waals surface area contributed by atoms with Crippen molar-refractivity contribution in [3.05, 3.63) is 11.6 Å². The van der Waals surface area contributed by atoms with Gasteiger partial charge in [0.1, 0.15) is 0 Å². The highest BCUT2D eigenvalue weighted by atomic mass is 16.3. The second kappa shape index (κ2) is 4.48. The van der Waals surface area contributed by atoms with Crippen LogP contribution in [0.15, 0.2) is 11.6 Å². The minimum atomic E-state index is -0.108. The Kier molecular flexibility index (Phi) is 3.27. The van der Waals surface area contributed by atoms with Crippen molar-refractivity contribution >= 4 is 0 Å². The maximum atomic E-state index is 10.1. The van der Waals surface area contributed by atoms with Gasteiger partial charge in [-0.1, -0.05) is 25.8 Å². The van der Waals surface area contributed by atoms with Crippen LogP contribution in [0.2, 0.25) is 0 Å². The molecular formula is C13H22O. The lowest BCUT2D eigenvalue weighted by atomic mass is 9.94. The number of aliphatic hydroxyl groups is 1. The van der Waals surface area contributed by atoms with Crippen LogP contribution >= 0.6 is 0 Å². The lowest BCUT2D eigenvalue weighted by molar-refractivity contribution is 0.176. The van der Waals surface area contributed by atoms with Crippen LogP contribution in [0.3, 0.4) is 0 Å². The summed E-state index contributed by atoms with van der Waals surface area (Å²) in [4.78, 5) is 0. The number of allylic oxidation sites excluding steroid dienone is 1. The topological polar surface area (TPSA) is 20.2 Å². The number of aliphatic hydroxyl groups excluding tert-OH is 1. The average Bonchev–Trinajstić information content (AvgIpc) is 2.81. The van der Waals surface area contributed by atoms with Crippen LogP contribution in [0.25, 0.3) is 0 Å². The van der Waals surface area contributed by atoms with Crippen molar-refractivity contribution in [1.82, 2.24) is 0 Å². The van der Waals surface area contributed by atoms with Gasteiger partial charge < -0.3 is 5.11 Å². The monoisotopic (exact) mass is 194 g/mol. The number of hydrogen-bond donors (Lipinski definition) is 1. The minimum Gasteiger partial charge on any atom is -0.388 e. The maximum absolute atomic E-state index is 10.1. The molecule has 0 aromatic heterocycles. The van der Waals surface area contributed by atoms with Crippen molar-refractivity contribution in [2.24, 2.45) is 11.8 Å². The molecule has 0 aliphatic heterocycles. The van der Waals surface area contributed by atoms with Crippen molar-refractivity contribution in [3.63, 3.8) is 0 Å². The predicted molar refractivity (Wildman–Crippen MR) is 59.1 cm³/mol. The van der Waals surface area contributed by atoms with Crippen LogP contribution in [0.4, 0.5) is 0 Å². The molecule has 80 valence electrons. The summed E-state index contributed by atoms with van der Waals surface area (Å²) in [7, 11) is 0. The summed E-state index contributed by atoms with van der Waals surface area (Å²) in [5.41, 5.74) is 1.35. The van der Waals surface area contributed by atoms with E-state index >= 15 is 0 Å². The fourth-order valence-corrected chi connectivity index (χ4v) is 2.55. The van der Waals surface area contributed by atoms with E-state index in [1.54, 1.807) is 0 Å². The summed E-state index contributed by atoms with van der Waals surface area (Å²) in [6, 6.07) is 0. The van der Waals surface area contributed by atoms with Crippen LogP contribution in [0.5, 0.6) is 0 Å². The Bertz CT molecular complexity index is 219. The SMILES string of the molecule is CC1CC1C(O)C1=CCCCCCC1. The molecular weight excluding hydrogens is 172 g/mol. The third kappa shape index (κ3) is 2.38. The molecule has 2 aliphatic rings. The quantitative estimate of drug-likeness (QED) is 0.669. The van der Waals surface area contributed by atoms with E-state index < -0.39 is 0 Å². The normalized spacial score (nSPS) is 35.4. The molecule has 0 amide bonds. The Morgan fingerprint density at radius 3 is 2.71 bits per heavy atom.